The Morgan fingerprint density at radius 2 is 2.12 bits per heavy atom. The molecule has 0 saturated heterocycles. The number of para-hydroxylation sites is 1. The second kappa shape index (κ2) is 7.55. The van der Waals surface area contributed by atoms with Gasteiger partial charge in [0, 0.05) is 0 Å². The van der Waals surface area contributed by atoms with Crippen molar-refractivity contribution < 1.29 is 14.3 Å². The van der Waals surface area contributed by atoms with Gasteiger partial charge in [0.15, 0.2) is 0 Å². The molecule has 2 radical (unpaired) electrons. The van der Waals surface area contributed by atoms with Crippen LogP contribution in [0, 0.1) is 0 Å². The molecule has 17 heavy (non-hydrogen) atoms. The topological polar surface area (TPSA) is 55.4 Å². The van der Waals surface area contributed by atoms with Gasteiger partial charge in [0.2, 0.25) is 0 Å². The summed E-state index contributed by atoms with van der Waals surface area (Å²) < 4.78 is 5.61. The predicted octanol–water partition coefficient (Wildman–Crippen LogP) is 0.852. The van der Waals surface area contributed by atoms with Gasteiger partial charge in [-0.2, -0.15) is 0 Å². The third kappa shape index (κ3) is 4.55. The van der Waals surface area contributed by atoms with E-state index in [1.165, 1.54) is 7.11 Å². The van der Waals surface area contributed by atoms with Crippen molar-refractivity contribution in [3.8, 4) is 5.75 Å². The van der Waals surface area contributed by atoms with E-state index >= 15 is 0 Å². The number of hydrogen-bond donors (Lipinski definition) is 1. The van der Waals surface area contributed by atoms with Crippen LogP contribution in [0.1, 0.15) is 10.4 Å². The zero-order chi connectivity index (χ0) is 12.7. The number of ether oxygens (including phenoxy) is 1. The summed E-state index contributed by atoms with van der Waals surface area (Å²) in [4.78, 5) is 22.8. The Bertz CT molecular complexity index is 411. The molecule has 1 N–H and O–H groups in total. The van der Waals surface area contributed by atoms with Gasteiger partial charge >= 0.3 is 115 Å². The number of carbonyl (C=O) groups excluding carboxylic acids is 2. The molecule has 0 saturated carbocycles. The minimum atomic E-state index is -1.25. The summed E-state index contributed by atoms with van der Waals surface area (Å²) in [6, 6.07) is 6.96. The van der Waals surface area contributed by atoms with Gasteiger partial charge in [-0.25, -0.2) is 0 Å². The number of nitrogens with one attached hydrogen (secondary N) is 1. The van der Waals surface area contributed by atoms with Gasteiger partial charge in [-0.15, -0.1) is 0 Å². The van der Waals surface area contributed by atoms with E-state index in [2.05, 4.69) is 5.32 Å². The Hall–Kier alpha value is -0.751. The molecule has 0 heterocycles. The van der Waals surface area contributed by atoms with Crippen LogP contribution in [0.15, 0.2) is 24.3 Å². The van der Waals surface area contributed by atoms with Gasteiger partial charge < -0.3 is 0 Å². The van der Waals surface area contributed by atoms with Crippen LogP contribution in [0.5, 0.6) is 5.75 Å². The SMILES string of the molecule is COc1ccccc1C(=O)N[CH2][Sn][C](=O)CCl. The van der Waals surface area contributed by atoms with Crippen molar-refractivity contribution in [1.29, 1.82) is 0 Å². The van der Waals surface area contributed by atoms with Crippen molar-refractivity contribution in [2.75, 3.05) is 17.6 Å². The van der Waals surface area contributed by atoms with Gasteiger partial charge in [-0.05, 0) is 0 Å². The maximum absolute atomic E-state index is 11.8. The number of amides is 1. The third-order valence-corrected chi connectivity index (χ3v) is 5.53. The van der Waals surface area contributed by atoms with Crippen molar-refractivity contribution in [2.45, 2.75) is 0 Å². The minimum absolute atomic E-state index is 0.0523. The van der Waals surface area contributed by atoms with E-state index in [1.54, 1.807) is 24.3 Å². The van der Waals surface area contributed by atoms with Crippen molar-refractivity contribution in [1.82, 2.24) is 5.32 Å². The molecule has 1 aromatic rings. The summed E-state index contributed by atoms with van der Waals surface area (Å²) in [5.41, 5.74) is 0.479. The fraction of sp³-hybridized carbons (Fsp3) is 0.273. The van der Waals surface area contributed by atoms with Crippen molar-refractivity contribution in [3.63, 3.8) is 0 Å². The van der Waals surface area contributed by atoms with Gasteiger partial charge in [0.05, 0.1) is 0 Å². The molecule has 0 unspecified atom stereocenters. The van der Waals surface area contributed by atoms with Crippen molar-refractivity contribution in [2.24, 2.45) is 0 Å². The first-order chi connectivity index (χ1) is 8.19. The molecule has 0 aliphatic carbocycles. The Labute approximate surface area is 115 Å². The molecule has 0 atom stereocenters. The molecule has 90 valence electrons. The standard InChI is InChI=1S/C9H10NO2.C2H2ClO.Sn/c1-10-9(11)7-5-3-4-6-8(7)12-2;3-1-2-4;/h3-6H,1H2,2H3,(H,10,11);1H2;. The summed E-state index contributed by atoms with van der Waals surface area (Å²) in [6.07, 6.45) is 0. The van der Waals surface area contributed by atoms with Crippen LogP contribution in [0.4, 0.5) is 0 Å². The first kappa shape index (κ1) is 14.3. The Kier molecular flexibility index (Phi) is 6.36. The monoisotopic (exact) mass is 361 g/mol. The zero-order valence-corrected chi connectivity index (χ0v) is 12.9. The summed E-state index contributed by atoms with van der Waals surface area (Å²) in [5.74, 6) is 0.362. The quantitative estimate of drug-likeness (QED) is 0.605. The van der Waals surface area contributed by atoms with Crippen LogP contribution in [0.3, 0.4) is 0 Å². The zero-order valence-electron chi connectivity index (χ0n) is 9.33. The van der Waals surface area contributed by atoms with Crippen LogP contribution < -0.4 is 10.1 Å². The summed E-state index contributed by atoms with van der Waals surface area (Å²) in [5, 5.41) is 2.72. The van der Waals surface area contributed by atoms with Crippen LogP contribution in [0.2, 0.25) is 0 Å². The molecule has 1 amide bonds. The van der Waals surface area contributed by atoms with Crippen LogP contribution in [0.25, 0.3) is 0 Å². The summed E-state index contributed by atoms with van der Waals surface area (Å²) in [6.45, 7) is 0. The van der Waals surface area contributed by atoms with Crippen molar-refractivity contribution in [3.05, 3.63) is 29.8 Å². The van der Waals surface area contributed by atoms with Crippen molar-refractivity contribution >= 4 is 42.4 Å². The normalized spacial score (nSPS) is 9.76. The molecular weight excluding hydrogens is 348 g/mol. The molecular formula is C11H12ClNO3Sn. The average Bonchev–Trinajstić information content (AvgIpc) is 2.38. The molecule has 0 aromatic heterocycles. The number of methoxy groups -OCH3 is 1. The first-order valence-electron chi connectivity index (χ1n) is 4.93. The van der Waals surface area contributed by atoms with E-state index in [0.717, 1.165) is 0 Å². The molecule has 1 rings (SSSR count). The molecule has 0 bridgehead atoms. The number of hydrogen-bond acceptors (Lipinski definition) is 3. The fourth-order valence-corrected chi connectivity index (χ4v) is 3.37. The van der Waals surface area contributed by atoms with Crippen LogP contribution in [-0.4, -0.2) is 48.4 Å². The van der Waals surface area contributed by atoms with Crippen LogP contribution in [-0.2, 0) is 4.79 Å². The molecule has 0 spiro atoms. The predicted molar refractivity (Wildman–Crippen MR) is 66.8 cm³/mol. The molecule has 0 aliphatic rings. The maximum atomic E-state index is 11.8. The van der Waals surface area contributed by atoms with E-state index in [0.29, 0.717) is 15.9 Å². The fourth-order valence-electron chi connectivity index (χ4n) is 1.20. The third-order valence-electron chi connectivity index (χ3n) is 2.01. The molecule has 0 aliphatic heterocycles. The number of carbonyl (C=O) groups is 2. The van der Waals surface area contributed by atoms with Gasteiger partial charge in [-0.1, -0.05) is 0 Å². The van der Waals surface area contributed by atoms with E-state index in [1.807, 2.05) is 0 Å². The Balaban J connectivity index is 2.55. The molecule has 0 fully saturated rings. The molecule has 4 nitrogen and oxygen atoms in total. The second-order valence-corrected chi connectivity index (χ2v) is 6.99. The summed E-state index contributed by atoms with van der Waals surface area (Å²) in [7, 11) is 1.51. The Morgan fingerprint density at radius 3 is 2.76 bits per heavy atom. The number of rotatable bonds is 6. The van der Waals surface area contributed by atoms with E-state index in [4.69, 9.17) is 16.3 Å². The van der Waals surface area contributed by atoms with Gasteiger partial charge in [0.25, 0.3) is 0 Å². The van der Waals surface area contributed by atoms with E-state index < -0.39 is 21.1 Å². The van der Waals surface area contributed by atoms with E-state index in [-0.39, 0.29) is 15.6 Å². The van der Waals surface area contributed by atoms with Gasteiger partial charge in [-0.3, -0.25) is 0 Å². The average molecular weight is 360 g/mol. The van der Waals surface area contributed by atoms with Gasteiger partial charge in [0.1, 0.15) is 0 Å². The first-order valence-corrected chi connectivity index (χ1v) is 8.91. The van der Waals surface area contributed by atoms with Crippen LogP contribution >= 0.6 is 11.6 Å². The number of halogens is 1. The molecule has 1 aromatic carbocycles. The Morgan fingerprint density at radius 1 is 1.41 bits per heavy atom. The molecule has 6 heteroatoms. The van der Waals surface area contributed by atoms with E-state index in [9.17, 15) is 9.59 Å². The number of benzene rings is 1. The number of alkyl halides is 1. The summed E-state index contributed by atoms with van der Waals surface area (Å²) >= 11 is 4.15. The second-order valence-electron chi connectivity index (χ2n) is 3.12.